The maximum Gasteiger partial charge on any atom is 0.498 e. The molecule has 1 fully saturated rings. The first-order chi connectivity index (χ1) is 8.27. The van der Waals surface area contributed by atoms with E-state index < -0.39 is 7.12 Å². The van der Waals surface area contributed by atoms with Crippen LogP contribution in [-0.4, -0.2) is 41.4 Å². The minimum absolute atomic E-state index is 0.339. The summed E-state index contributed by atoms with van der Waals surface area (Å²) in [5.74, 6) is 0. The van der Waals surface area contributed by atoms with E-state index in [-0.39, 0.29) is 11.2 Å². The van der Waals surface area contributed by atoms with Crippen LogP contribution in [0.15, 0.2) is 11.2 Å². The fraction of sp³-hybridized carbons (Fsp3) is 0.667. The molecule has 0 radical (unpaired) electrons. The van der Waals surface area contributed by atoms with Gasteiger partial charge in [0.1, 0.15) is 5.69 Å². The van der Waals surface area contributed by atoms with Crippen LogP contribution in [0.2, 0.25) is 0 Å². The van der Waals surface area contributed by atoms with Crippen molar-refractivity contribution in [3.63, 3.8) is 0 Å². The molecular weight excluding hydrogens is 229 g/mol. The third-order valence-electron chi connectivity index (χ3n) is 3.65. The second kappa shape index (κ2) is 4.21. The molecule has 1 aromatic heterocycles. The highest BCUT2D eigenvalue weighted by molar-refractivity contribution is 6.63. The fourth-order valence-corrected chi connectivity index (χ4v) is 1.90. The van der Waals surface area contributed by atoms with Gasteiger partial charge in [-0.05, 0) is 27.7 Å². The number of hydrogen-bond donors (Lipinski definition) is 0. The van der Waals surface area contributed by atoms with Gasteiger partial charge in [0.15, 0.2) is 0 Å². The summed E-state index contributed by atoms with van der Waals surface area (Å²) in [6.45, 7) is 8.15. The minimum Gasteiger partial charge on any atom is -0.399 e. The molecule has 0 amide bonds. The van der Waals surface area contributed by atoms with Gasteiger partial charge < -0.3 is 9.31 Å². The molecule has 1 saturated heterocycles. The second-order valence-corrected chi connectivity index (χ2v) is 5.62. The van der Waals surface area contributed by atoms with Gasteiger partial charge in [-0.2, -0.15) is 5.10 Å². The van der Waals surface area contributed by atoms with E-state index in [2.05, 4.69) is 10.1 Å². The van der Waals surface area contributed by atoms with Crippen LogP contribution in [0.4, 0.5) is 0 Å². The lowest BCUT2D eigenvalue weighted by Gasteiger charge is -2.32. The van der Waals surface area contributed by atoms with Gasteiger partial charge in [-0.25, -0.2) is 0 Å². The molecule has 2 heterocycles. The molecule has 0 bridgehead atoms. The van der Waals surface area contributed by atoms with Gasteiger partial charge in [0.05, 0.1) is 11.2 Å². The molecule has 0 unspecified atom stereocenters. The Morgan fingerprint density at radius 2 is 1.83 bits per heavy atom. The van der Waals surface area contributed by atoms with Crippen molar-refractivity contribution in [2.75, 3.05) is 7.05 Å². The van der Waals surface area contributed by atoms with E-state index in [4.69, 9.17) is 9.31 Å². The fourth-order valence-electron chi connectivity index (χ4n) is 1.90. The van der Waals surface area contributed by atoms with Crippen LogP contribution in [0.25, 0.3) is 0 Å². The Hall–Kier alpha value is -1.14. The molecule has 18 heavy (non-hydrogen) atoms. The lowest BCUT2D eigenvalue weighted by Crippen LogP contribution is -2.41. The lowest BCUT2D eigenvalue weighted by molar-refractivity contribution is 0.00578. The lowest BCUT2D eigenvalue weighted by atomic mass is 9.79. The van der Waals surface area contributed by atoms with Crippen molar-refractivity contribution in [3.05, 3.63) is 11.9 Å². The molecule has 0 atom stereocenters. The molecule has 1 aliphatic heterocycles. The van der Waals surface area contributed by atoms with Crippen molar-refractivity contribution in [1.29, 1.82) is 0 Å². The zero-order valence-corrected chi connectivity index (χ0v) is 11.9. The zero-order chi connectivity index (χ0) is 13.6. The largest absolute Gasteiger partial charge is 0.498 e. The highest BCUT2D eigenvalue weighted by Crippen LogP contribution is 2.36. The van der Waals surface area contributed by atoms with E-state index in [1.807, 2.05) is 40.9 Å². The summed E-state index contributed by atoms with van der Waals surface area (Å²) in [6, 6.07) is 0. The summed E-state index contributed by atoms with van der Waals surface area (Å²) in [5, 5.41) is 4.35. The van der Waals surface area contributed by atoms with Crippen LogP contribution in [-0.2, 0) is 16.4 Å². The molecule has 1 aromatic rings. The molecule has 0 spiro atoms. The average Bonchev–Trinajstić information content (AvgIpc) is 2.67. The van der Waals surface area contributed by atoms with Crippen molar-refractivity contribution >= 4 is 18.8 Å². The monoisotopic (exact) mass is 249 g/mol. The van der Waals surface area contributed by atoms with E-state index in [1.54, 1.807) is 17.9 Å². The molecular formula is C12H20BN3O2. The first-order valence-corrected chi connectivity index (χ1v) is 6.08. The highest BCUT2D eigenvalue weighted by atomic mass is 16.7. The molecule has 0 N–H and O–H groups in total. The van der Waals surface area contributed by atoms with Crippen LogP contribution in [0.1, 0.15) is 33.4 Å². The molecule has 0 saturated carbocycles. The Balaban J connectivity index is 2.35. The number of nitrogens with zero attached hydrogens (tertiary/aromatic N) is 3. The van der Waals surface area contributed by atoms with E-state index >= 15 is 0 Å². The van der Waals surface area contributed by atoms with Gasteiger partial charge in [0, 0.05) is 32.0 Å². The maximum atomic E-state index is 6.01. The number of aryl methyl sites for hydroxylation is 1. The third-order valence-corrected chi connectivity index (χ3v) is 3.65. The third kappa shape index (κ3) is 2.10. The van der Waals surface area contributed by atoms with Crippen LogP contribution in [0, 0.1) is 0 Å². The van der Waals surface area contributed by atoms with Crippen LogP contribution >= 0.6 is 0 Å². The van der Waals surface area contributed by atoms with Crippen LogP contribution < -0.4 is 5.46 Å². The van der Waals surface area contributed by atoms with Gasteiger partial charge in [0.25, 0.3) is 0 Å². The van der Waals surface area contributed by atoms with Crippen molar-refractivity contribution in [2.24, 2.45) is 12.0 Å². The Labute approximate surface area is 108 Å². The summed E-state index contributed by atoms with van der Waals surface area (Å²) >= 11 is 0. The van der Waals surface area contributed by atoms with Gasteiger partial charge in [0.2, 0.25) is 0 Å². The van der Waals surface area contributed by atoms with E-state index in [0.29, 0.717) is 0 Å². The standard InChI is InChI=1S/C12H20BN3O2/c1-11(2)12(3,4)18-13(17-11)9-8-16(6)15-10(9)7-14-5/h7-8H,1-6H3. The smallest absolute Gasteiger partial charge is 0.399 e. The Morgan fingerprint density at radius 3 is 2.33 bits per heavy atom. The molecule has 1 aliphatic rings. The number of aromatic nitrogens is 2. The van der Waals surface area contributed by atoms with E-state index in [9.17, 15) is 0 Å². The van der Waals surface area contributed by atoms with Crippen molar-refractivity contribution < 1.29 is 9.31 Å². The minimum atomic E-state index is -0.392. The van der Waals surface area contributed by atoms with Crippen molar-refractivity contribution in [2.45, 2.75) is 38.9 Å². The second-order valence-electron chi connectivity index (χ2n) is 5.62. The summed E-state index contributed by atoms with van der Waals surface area (Å²) < 4.78 is 13.8. The first kappa shape index (κ1) is 13.3. The summed E-state index contributed by atoms with van der Waals surface area (Å²) in [4.78, 5) is 4.01. The van der Waals surface area contributed by atoms with E-state index in [1.165, 1.54) is 0 Å². The molecule has 2 rings (SSSR count). The predicted octanol–water partition coefficient (Wildman–Crippen LogP) is 0.768. The summed E-state index contributed by atoms with van der Waals surface area (Å²) in [5.41, 5.74) is 1.03. The van der Waals surface area contributed by atoms with Crippen molar-refractivity contribution in [3.8, 4) is 0 Å². The summed E-state index contributed by atoms with van der Waals surface area (Å²) in [6.07, 6.45) is 3.64. The Morgan fingerprint density at radius 1 is 1.28 bits per heavy atom. The topological polar surface area (TPSA) is 48.6 Å². The molecule has 5 nitrogen and oxygen atoms in total. The number of hydrogen-bond acceptors (Lipinski definition) is 4. The first-order valence-electron chi connectivity index (χ1n) is 6.08. The Bertz CT molecular complexity index is 464. The highest BCUT2D eigenvalue weighted by Gasteiger charge is 2.52. The normalized spacial score (nSPS) is 22.0. The average molecular weight is 249 g/mol. The predicted molar refractivity (Wildman–Crippen MR) is 72.4 cm³/mol. The van der Waals surface area contributed by atoms with E-state index in [0.717, 1.165) is 11.2 Å². The van der Waals surface area contributed by atoms with Crippen LogP contribution in [0.3, 0.4) is 0 Å². The quantitative estimate of drug-likeness (QED) is 0.574. The van der Waals surface area contributed by atoms with Crippen LogP contribution in [0.5, 0.6) is 0 Å². The molecule has 6 heteroatoms. The molecule has 98 valence electrons. The maximum absolute atomic E-state index is 6.01. The molecule has 0 aromatic carbocycles. The number of rotatable bonds is 2. The van der Waals surface area contributed by atoms with Gasteiger partial charge in [-0.1, -0.05) is 0 Å². The van der Waals surface area contributed by atoms with Gasteiger partial charge in [-0.15, -0.1) is 0 Å². The van der Waals surface area contributed by atoms with Gasteiger partial charge >= 0.3 is 7.12 Å². The zero-order valence-electron chi connectivity index (χ0n) is 11.9. The SMILES string of the molecule is CN=Cc1nn(C)cc1B1OC(C)(C)C(C)(C)O1. The summed E-state index contributed by atoms with van der Waals surface area (Å²) in [7, 11) is 3.21. The van der Waals surface area contributed by atoms with Crippen molar-refractivity contribution in [1.82, 2.24) is 9.78 Å². The molecule has 0 aliphatic carbocycles. The number of aliphatic imine (C=N–C) groups is 1. The Kier molecular flexibility index (Phi) is 3.11. The van der Waals surface area contributed by atoms with Gasteiger partial charge in [-0.3, -0.25) is 9.67 Å².